The molecule has 1 fully saturated rings. The summed E-state index contributed by atoms with van der Waals surface area (Å²) in [5.74, 6) is 1.40. The lowest BCUT2D eigenvalue weighted by atomic mass is 10.1. The Morgan fingerprint density at radius 2 is 1.83 bits per heavy atom. The lowest BCUT2D eigenvalue weighted by Crippen LogP contribution is -2.55. The molecule has 0 bridgehead atoms. The number of hydrogen-bond acceptors (Lipinski definition) is 4. The molecule has 2 aromatic rings. The van der Waals surface area contributed by atoms with E-state index in [9.17, 15) is 4.79 Å². The van der Waals surface area contributed by atoms with Crippen LogP contribution in [0.4, 0.5) is 0 Å². The minimum absolute atomic E-state index is 0.0466. The Bertz CT molecular complexity index is 665. The predicted octanol–water partition coefficient (Wildman–Crippen LogP) is 2.70. The summed E-state index contributed by atoms with van der Waals surface area (Å²) in [6.45, 7) is 5.63. The highest BCUT2D eigenvalue weighted by Gasteiger charge is 2.25. The Morgan fingerprint density at radius 1 is 1.13 bits per heavy atom. The summed E-state index contributed by atoms with van der Waals surface area (Å²) in [4.78, 5) is 18.6. The van der Waals surface area contributed by atoms with Gasteiger partial charge in [0.25, 0.3) is 5.91 Å². The average Bonchev–Trinajstić information content (AvgIpc) is 2.54. The Labute approximate surface area is 136 Å². The smallest absolute Gasteiger partial charge is 0.254 e. The van der Waals surface area contributed by atoms with Crippen molar-refractivity contribution in [2.45, 2.75) is 25.9 Å². The molecule has 2 atom stereocenters. The zero-order valence-electron chi connectivity index (χ0n) is 13.4. The van der Waals surface area contributed by atoms with Gasteiger partial charge in [0.1, 0.15) is 11.5 Å². The summed E-state index contributed by atoms with van der Waals surface area (Å²) in [5, 5.41) is 3.44. The summed E-state index contributed by atoms with van der Waals surface area (Å²) in [6.07, 6.45) is 3.35. The molecule has 0 saturated carbocycles. The molecule has 2 unspecified atom stereocenters. The Morgan fingerprint density at radius 3 is 2.52 bits per heavy atom. The molecule has 0 aliphatic carbocycles. The molecule has 120 valence electrons. The Kier molecular flexibility index (Phi) is 4.57. The van der Waals surface area contributed by atoms with Crippen molar-refractivity contribution in [3.8, 4) is 11.5 Å². The third-order valence-corrected chi connectivity index (χ3v) is 3.81. The van der Waals surface area contributed by atoms with Gasteiger partial charge in [-0.1, -0.05) is 6.07 Å². The second-order valence-corrected chi connectivity index (χ2v) is 5.99. The van der Waals surface area contributed by atoms with Gasteiger partial charge in [0.15, 0.2) is 0 Å². The molecule has 2 heterocycles. The topological polar surface area (TPSA) is 54.5 Å². The van der Waals surface area contributed by atoms with Crippen LogP contribution < -0.4 is 10.1 Å². The van der Waals surface area contributed by atoms with Crippen molar-refractivity contribution in [1.82, 2.24) is 15.2 Å². The number of rotatable bonds is 3. The van der Waals surface area contributed by atoms with Gasteiger partial charge in [-0.15, -0.1) is 0 Å². The summed E-state index contributed by atoms with van der Waals surface area (Å²) in [7, 11) is 0. The fraction of sp³-hybridized carbons (Fsp3) is 0.333. The van der Waals surface area contributed by atoms with Crippen molar-refractivity contribution < 1.29 is 9.53 Å². The molecular weight excluding hydrogens is 290 g/mol. The van der Waals surface area contributed by atoms with E-state index in [1.807, 2.05) is 23.1 Å². The van der Waals surface area contributed by atoms with Crippen molar-refractivity contribution in [2.75, 3.05) is 13.1 Å². The first kappa shape index (κ1) is 15.5. The van der Waals surface area contributed by atoms with E-state index in [2.05, 4.69) is 24.1 Å². The molecule has 1 amide bonds. The van der Waals surface area contributed by atoms with Crippen LogP contribution in [-0.2, 0) is 0 Å². The monoisotopic (exact) mass is 311 g/mol. The zero-order chi connectivity index (χ0) is 16.2. The number of pyridine rings is 1. The molecule has 1 saturated heterocycles. The zero-order valence-corrected chi connectivity index (χ0v) is 13.4. The summed E-state index contributed by atoms with van der Waals surface area (Å²) < 4.78 is 5.78. The lowest BCUT2D eigenvalue weighted by molar-refractivity contribution is 0.0673. The Hall–Kier alpha value is -2.40. The molecule has 0 radical (unpaired) electrons. The number of nitrogens with zero attached hydrogens (tertiary/aromatic N) is 2. The minimum atomic E-state index is 0.0466. The number of hydrogen-bond donors (Lipinski definition) is 1. The van der Waals surface area contributed by atoms with E-state index in [-0.39, 0.29) is 5.91 Å². The van der Waals surface area contributed by atoms with Gasteiger partial charge in [-0.25, -0.2) is 0 Å². The number of ether oxygens (including phenoxy) is 1. The second kappa shape index (κ2) is 6.79. The quantitative estimate of drug-likeness (QED) is 0.947. The number of benzene rings is 1. The average molecular weight is 311 g/mol. The minimum Gasteiger partial charge on any atom is -0.457 e. The van der Waals surface area contributed by atoms with Crippen LogP contribution in [0.15, 0.2) is 48.8 Å². The first-order valence-electron chi connectivity index (χ1n) is 7.85. The SMILES string of the molecule is CC1CN(C(=O)c2cccc(Oc3ccncc3)c2)CC(C)N1. The maximum Gasteiger partial charge on any atom is 0.254 e. The van der Waals surface area contributed by atoms with E-state index in [1.165, 1.54) is 0 Å². The van der Waals surface area contributed by atoms with Crippen LogP contribution in [0.5, 0.6) is 11.5 Å². The number of aromatic nitrogens is 1. The third kappa shape index (κ3) is 3.87. The van der Waals surface area contributed by atoms with Crippen LogP contribution in [0.25, 0.3) is 0 Å². The number of amides is 1. The Balaban J connectivity index is 1.75. The highest BCUT2D eigenvalue weighted by Crippen LogP contribution is 2.22. The molecule has 5 nitrogen and oxygen atoms in total. The number of nitrogens with one attached hydrogen (secondary N) is 1. The van der Waals surface area contributed by atoms with Crippen LogP contribution in [0.2, 0.25) is 0 Å². The van der Waals surface area contributed by atoms with Gasteiger partial charge in [0.05, 0.1) is 0 Å². The fourth-order valence-electron chi connectivity index (χ4n) is 2.91. The fourth-order valence-corrected chi connectivity index (χ4v) is 2.91. The van der Waals surface area contributed by atoms with E-state index < -0.39 is 0 Å². The van der Waals surface area contributed by atoms with Crippen LogP contribution in [0, 0.1) is 0 Å². The lowest BCUT2D eigenvalue weighted by Gasteiger charge is -2.36. The van der Waals surface area contributed by atoms with Gasteiger partial charge in [-0.05, 0) is 44.2 Å². The molecule has 1 aliphatic rings. The van der Waals surface area contributed by atoms with Crippen molar-refractivity contribution in [1.29, 1.82) is 0 Å². The van der Waals surface area contributed by atoms with Crippen molar-refractivity contribution in [3.05, 3.63) is 54.4 Å². The van der Waals surface area contributed by atoms with Crippen LogP contribution in [0.3, 0.4) is 0 Å². The molecule has 23 heavy (non-hydrogen) atoms. The van der Waals surface area contributed by atoms with E-state index in [0.29, 0.717) is 29.1 Å². The van der Waals surface area contributed by atoms with Crippen LogP contribution in [0.1, 0.15) is 24.2 Å². The highest BCUT2D eigenvalue weighted by atomic mass is 16.5. The maximum atomic E-state index is 12.7. The number of carbonyl (C=O) groups excluding carboxylic acids is 1. The predicted molar refractivity (Wildman–Crippen MR) is 88.7 cm³/mol. The van der Waals surface area contributed by atoms with Gasteiger partial charge in [0.2, 0.25) is 0 Å². The normalized spacial score (nSPS) is 21.0. The van der Waals surface area contributed by atoms with Crippen LogP contribution >= 0.6 is 0 Å². The van der Waals surface area contributed by atoms with E-state index in [0.717, 1.165) is 13.1 Å². The first-order valence-corrected chi connectivity index (χ1v) is 7.85. The molecule has 5 heteroatoms. The van der Waals surface area contributed by atoms with Crippen molar-refractivity contribution in [3.63, 3.8) is 0 Å². The maximum absolute atomic E-state index is 12.7. The van der Waals surface area contributed by atoms with Crippen molar-refractivity contribution in [2.24, 2.45) is 0 Å². The number of piperazine rings is 1. The third-order valence-electron chi connectivity index (χ3n) is 3.81. The second-order valence-electron chi connectivity index (χ2n) is 5.99. The molecule has 1 aliphatic heterocycles. The van der Waals surface area contributed by atoms with Gasteiger partial charge >= 0.3 is 0 Å². The summed E-state index contributed by atoms with van der Waals surface area (Å²) in [5.41, 5.74) is 0.651. The molecule has 1 aromatic carbocycles. The van der Waals surface area contributed by atoms with Gasteiger partial charge in [-0.2, -0.15) is 0 Å². The number of carbonyl (C=O) groups is 1. The largest absolute Gasteiger partial charge is 0.457 e. The van der Waals surface area contributed by atoms with Crippen molar-refractivity contribution >= 4 is 5.91 Å². The van der Waals surface area contributed by atoms with Gasteiger partial charge < -0.3 is 15.0 Å². The van der Waals surface area contributed by atoms with Gasteiger partial charge in [-0.3, -0.25) is 9.78 Å². The molecule has 0 spiro atoms. The molecular formula is C18H21N3O2. The standard InChI is InChI=1S/C18H21N3O2/c1-13-11-21(12-14(2)20-13)18(22)15-4-3-5-17(10-15)23-16-6-8-19-9-7-16/h3-10,13-14,20H,11-12H2,1-2H3. The van der Waals surface area contributed by atoms with Gasteiger partial charge in [0, 0.05) is 43.1 Å². The first-order chi connectivity index (χ1) is 11.1. The van der Waals surface area contributed by atoms with Crippen LogP contribution in [-0.4, -0.2) is 41.0 Å². The molecule has 1 N–H and O–H groups in total. The molecule has 3 rings (SSSR count). The van der Waals surface area contributed by atoms with E-state index in [4.69, 9.17) is 4.74 Å². The summed E-state index contributed by atoms with van der Waals surface area (Å²) >= 11 is 0. The van der Waals surface area contributed by atoms with E-state index >= 15 is 0 Å². The highest BCUT2D eigenvalue weighted by molar-refractivity contribution is 5.94. The molecule has 1 aromatic heterocycles. The summed E-state index contributed by atoms with van der Waals surface area (Å²) in [6, 6.07) is 11.5. The van der Waals surface area contributed by atoms with E-state index in [1.54, 1.807) is 30.6 Å².